The van der Waals surface area contributed by atoms with Crippen LogP contribution in [0.5, 0.6) is 0 Å². The van der Waals surface area contributed by atoms with E-state index in [1.54, 1.807) is 36.2 Å². The highest BCUT2D eigenvalue weighted by Crippen LogP contribution is 2.32. The molecule has 1 atom stereocenters. The van der Waals surface area contributed by atoms with Gasteiger partial charge in [-0.15, -0.1) is 11.8 Å². The maximum atomic E-state index is 14.1. The molecule has 1 aliphatic heterocycles. The van der Waals surface area contributed by atoms with Crippen molar-refractivity contribution in [3.8, 4) is 0 Å². The first-order chi connectivity index (χ1) is 20.8. The lowest BCUT2D eigenvalue weighted by Crippen LogP contribution is -2.39. The third-order valence-electron chi connectivity index (χ3n) is 7.41. The molecule has 43 heavy (non-hydrogen) atoms. The van der Waals surface area contributed by atoms with Crippen LogP contribution in [0, 0.1) is 0 Å². The number of hydrogen-bond acceptors (Lipinski definition) is 6. The van der Waals surface area contributed by atoms with Crippen molar-refractivity contribution >= 4 is 69.2 Å². The fraction of sp³-hybridized carbons (Fsp3) is 0.182. The van der Waals surface area contributed by atoms with Crippen LogP contribution < -0.4 is 14.9 Å². The summed E-state index contributed by atoms with van der Waals surface area (Å²) in [5, 5.41) is 2.19. The minimum atomic E-state index is -0.651. The van der Waals surface area contributed by atoms with Crippen molar-refractivity contribution in [2.24, 2.45) is 4.99 Å². The molecule has 0 saturated carbocycles. The van der Waals surface area contributed by atoms with E-state index in [0.29, 0.717) is 37.2 Å². The third-order valence-corrected chi connectivity index (χ3v) is 9.72. The molecule has 6 nitrogen and oxygen atoms in total. The van der Waals surface area contributed by atoms with E-state index in [2.05, 4.69) is 4.57 Å². The lowest BCUT2D eigenvalue weighted by molar-refractivity contribution is -0.139. The zero-order valence-corrected chi connectivity index (χ0v) is 26.8. The molecule has 10 heteroatoms. The Hall–Kier alpha value is -3.56. The Balaban J connectivity index is 1.50. The van der Waals surface area contributed by atoms with Crippen LogP contribution in [0.15, 0.2) is 98.9 Å². The van der Waals surface area contributed by atoms with E-state index in [4.69, 9.17) is 32.9 Å². The molecule has 0 fully saturated rings. The summed E-state index contributed by atoms with van der Waals surface area (Å²) in [6.45, 7) is 4.33. The standard InChI is InChI=1S/C33H27Cl2N3O3S2/c1-4-41-32(40)29-19(2)36-33-38(30(29)20-10-13-24(42-3)14-11-20)31(39)28(43-33)15-22-18-37(27-8-6-5-7-25(22)27)17-21-9-12-23(34)16-26(21)35/h5-16,18,30H,4,17H2,1-3H3/b28-15-/t30-/m0/s1. The first-order valence-electron chi connectivity index (χ1n) is 13.6. The Morgan fingerprint density at radius 3 is 2.60 bits per heavy atom. The molecule has 0 aliphatic carbocycles. The first-order valence-corrected chi connectivity index (χ1v) is 16.4. The predicted molar refractivity (Wildman–Crippen MR) is 176 cm³/mol. The molecular formula is C33H27Cl2N3O3S2. The minimum Gasteiger partial charge on any atom is -0.463 e. The molecule has 0 radical (unpaired) electrons. The first kappa shape index (κ1) is 29.5. The summed E-state index contributed by atoms with van der Waals surface area (Å²) < 4.78 is 9.68. The van der Waals surface area contributed by atoms with E-state index < -0.39 is 12.0 Å². The number of allylic oxidation sites excluding steroid dienone is 1. The summed E-state index contributed by atoms with van der Waals surface area (Å²) >= 11 is 15.6. The zero-order valence-electron chi connectivity index (χ0n) is 23.6. The van der Waals surface area contributed by atoms with Crippen LogP contribution in [0.25, 0.3) is 17.0 Å². The number of para-hydroxylation sites is 1. The topological polar surface area (TPSA) is 65.6 Å². The number of nitrogens with zero attached hydrogens (tertiary/aromatic N) is 3. The maximum Gasteiger partial charge on any atom is 0.338 e. The van der Waals surface area contributed by atoms with E-state index in [0.717, 1.165) is 32.5 Å². The van der Waals surface area contributed by atoms with Crippen molar-refractivity contribution in [1.29, 1.82) is 0 Å². The molecule has 6 rings (SSSR count). The van der Waals surface area contributed by atoms with Gasteiger partial charge in [0, 0.05) is 44.1 Å². The summed E-state index contributed by atoms with van der Waals surface area (Å²) in [6.07, 6.45) is 5.94. The molecule has 0 saturated heterocycles. The molecule has 0 amide bonds. The van der Waals surface area contributed by atoms with Gasteiger partial charge in [0.2, 0.25) is 0 Å². The van der Waals surface area contributed by atoms with Crippen molar-refractivity contribution in [2.75, 3.05) is 12.9 Å². The van der Waals surface area contributed by atoms with Crippen molar-refractivity contribution in [3.05, 3.63) is 131 Å². The Kier molecular flexibility index (Phi) is 8.38. The van der Waals surface area contributed by atoms with Gasteiger partial charge in [0.1, 0.15) is 0 Å². The molecule has 3 heterocycles. The number of carbonyl (C=O) groups excluding carboxylic acids is 1. The normalized spacial score (nSPS) is 15.1. The van der Waals surface area contributed by atoms with Gasteiger partial charge in [-0.25, -0.2) is 9.79 Å². The number of halogens is 2. The lowest BCUT2D eigenvalue weighted by atomic mass is 9.96. The summed E-state index contributed by atoms with van der Waals surface area (Å²) in [5.41, 5.74) is 4.37. The fourth-order valence-electron chi connectivity index (χ4n) is 5.39. The SMILES string of the molecule is CCOC(=O)C1=C(C)N=c2s/c(=C\c3cn(Cc4ccc(Cl)cc4Cl)c4ccccc34)c(=O)n2[C@H]1c1ccc(SC)cc1. The molecule has 0 spiro atoms. The van der Waals surface area contributed by atoms with Crippen LogP contribution in [0.1, 0.15) is 36.6 Å². The summed E-state index contributed by atoms with van der Waals surface area (Å²) in [4.78, 5) is 33.7. The van der Waals surface area contributed by atoms with Crippen molar-refractivity contribution in [2.45, 2.75) is 31.3 Å². The second-order valence-electron chi connectivity index (χ2n) is 10.0. The number of thiazole rings is 1. The number of thioether (sulfide) groups is 1. The molecule has 5 aromatic rings. The van der Waals surface area contributed by atoms with Gasteiger partial charge in [0.15, 0.2) is 4.80 Å². The number of rotatable bonds is 7. The van der Waals surface area contributed by atoms with Gasteiger partial charge in [0.25, 0.3) is 5.56 Å². The number of fused-ring (bicyclic) bond motifs is 2. The highest BCUT2D eigenvalue weighted by Gasteiger charge is 2.33. The van der Waals surface area contributed by atoms with E-state index in [9.17, 15) is 9.59 Å². The molecule has 0 N–H and O–H groups in total. The summed E-state index contributed by atoms with van der Waals surface area (Å²) in [6, 6.07) is 20.8. The lowest BCUT2D eigenvalue weighted by Gasteiger charge is -2.24. The van der Waals surface area contributed by atoms with Crippen LogP contribution in [0.4, 0.5) is 0 Å². The molecule has 2 aromatic heterocycles. The highest BCUT2D eigenvalue weighted by molar-refractivity contribution is 7.98. The molecule has 0 unspecified atom stereocenters. The van der Waals surface area contributed by atoms with Crippen molar-refractivity contribution < 1.29 is 9.53 Å². The van der Waals surface area contributed by atoms with Crippen LogP contribution in [-0.4, -0.2) is 28.0 Å². The number of benzene rings is 3. The molecular weight excluding hydrogens is 621 g/mol. The second-order valence-corrected chi connectivity index (χ2v) is 12.8. The Bertz CT molecular complexity index is 2090. The van der Waals surface area contributed by atoms with Crippen LogP contribution >= 0.6 is 46.3 Å². The fourth-order valence-corrected chi connectivity index (χ4v) is 7.30. The second kappa shape index (κ2) is 12.2. The molecule has 0 bridgehead atoms. The van der Waals surface area contributed by atoms with Gasteiger partial charge in [-0.3, -0.25) is 9.36 Å². The zero-order chi connectivity index (χ0) is 30.2. The van der Waals surface area contributed by atoms with E-state index in [1.165, 1.54) is 11.3 Å². The quantitative estimate of drug-likeness (QED) is 0.143. The predicted octanol–water partition coefficient (Wildman–Crippen LogP) is 6.83. The Labute approximate surface area is 266 Å². The highest BCUT2D eigenvalue weighted by atomic mass is 35.5. The smallest absolute Gasteiger partial charge is 0.338 e. The number of esters is 1. The van der Waals surface area contributed by atoms with Crippen LogP contribution in [-0.2, 0) is 16.1 Å². The minimum absolute atomic E-state index is 0.213. The van der Waals surface area contributed by atoms with Gasteiger partial charge in [-0.05, 0) is 67.6 Å². The van der Waals surface area contributed by atoms with Gasteiger partial charge in [-0.2, -0.15) is 0 Å². The average Bonchev–Trinajstić information content (AvgIpc) is 3.50. The third kappa shape index (κ3) is 5.60. The van der Waals surface area contributed by atoms with Crippen LogP contribution in [0.3, 0.4) is 0 Å². The average molecular weight is 649 g/mol. The molecule has 218 valence electrons. The number of aromatic nitrogens is 2. The Morgan fingerprint density at radius 1 is 1.12 bits per heavy atom. The monoisotopic (exact) mass is 647 g/mol. The summed E-state index contributed by atoms with van der Waals surface area (Å²) in [5.74, 6) is -0.471. The van der Waals surface area contributed by atoms with Crippen molar-refractivity contribution in [1.82, 2.24) is 9.13 Å². The van der Waals surface area contributed by atoms with Gasteiger partial charge in [0.05, 0.1) is 28.5 Å². The van der Waals surface area contributed by atoms with Crippen molar-refractivity contribution in [3.63, 3.8) is 0 Å². The van der Waals surface area contributed by atoms with Gasteiger partial charge in [-0.1, -0.05) is 70.9 Å². The maximum absolute atomic E-state index is 14.1. The van der Waals surface area contributed by atoms with E-state index >= 15 is 0 Å². The Morgan fingerprint density at radius 2 is 1.88 bits per heavy atom. The van der Waals surface area contributed by atoms with Gasteiger partial charge < -0.3 is 9.30 Å². The van der Waals surface area contributed by atoms with E-state index in [1.807, 2.05) is 79.2 Å². The number of ether oxygens (including phenoxy) is 1. The molecule has 1 aliphatic rings. The van der Waals surface area contributed by atoms with E-state index in [-0.39, 0.29) is 12.2 Å². The summed E-state index contributed by atoms with van der Waals surface area (Å²) in [7, 11) is 0. The number of hydrogen-bond donors (Lipinski definition) is 0. The molecule has 3 aromatic carbocycles. The van der Waals surface area contributed by atoms with Crippen LogP contribution in [0.2, 0.25) is 10.0 Å². The van der Waals surface area contributed by atoms with Gasteiger partial charge >= 0.3 is 5.97 Å². The number of carbonyl (C=O) groups is 1. The largest absolute Gasteiger partial charge is 0.463 e.